The van der Waals surface area contributed by atoms with Crippen molar-refractivity contribution in [3.63, 3.8) is 0 Å². The van der Waals surface area contributed by atoms with Crippen LogP contribution in [0.1, 0.15) is 19.8 Å². The number of amides is 1. The molecule has 3 unspecified atom stereocenters. The van der Waals surface area contributed by atoms with E-state index in [0.717, 1.165) is 13.0 Å². The average Bonchev–Trinajstić information content (AvgIpc) is 2.72. The summed E-state index contributed by atoms with van der Waals surface area (Å²) in [7, 11) is -2.91. The molecule has 2 fully saturated rings. The van der Waals surface area contributed by atoms with E-state index in [1.54, 1.807) is 0 Å². The molecule has 2 rings (SSSR count). The van der Waals surface area contributed by atoms with Gasteiger partial charge in [-0.2, -0.15) is 0 Å². The summed E-state index contributed by atoms with van der Waals surface area (Å²) in [6, 6.07) is 0.0170. The molecule has 2 saturated heterocycles. The monoisotopic (exact) mass is 246 g/mol. The zero-order chi connectivity index (χ0) is 11.8. The van der Waals surface area contributed by atoms with E-state index in [2.05, 4.69) is 10.6 Å². The molecule has 2 aliphatic heterocycles. The summed E-state index contributed by atoms with van der Waals surface area (Å²) < 4.78 is 22.5. The van der Waals surface area contributed by atoms with Crippen molar-refractivity contribution in [3.05, 3.63) is 0 Å². The van der Waals surface area contributed by atoms with E-state index in [0.29, 0.717) is 6.42 Å². The molecule has 0 aromatic rings. The predicted octanol–water partition coefficient (Wildman–Crippen LogP) is -0.712. The van der Waals surface area contributed by atoms with E-state index in [9.17, 15) is 13.2 Å². The molecule has 2 heterocycles. The van der Waals surface area contributed by atoms with E-state index >= 15 is 0 Å². The maximum atomic E-state index is 11.9. The average molecular weight is 246 g/mol. The lowest BCUT2D eigenvalue weighted by Gasteiger charge is -2.17. The number of rotatable bonds is 2. The van der Waals surface area contributed by atoms with Gasteiger partial charge in [0.2, 0.25) is 5.91 Å². The van der Waals surface area contributed by atoms with E-state index in [4.69, 9.17) is 0 Å². The minimum atomic E-state index is -2.91. The molecule has 1 amide bonds. The second-order valence-corrected chi connectivity index (χ2v) is 6.98. The van der Waals surface area contributed by atoms with Gasteiger partial charge in [0.15, 0.2) is 9.84 Å². The molecule has 2 N–H and O–H groups in total. The number of hydrogen-bond acceptors (Lipinski definition) is 4. The first-order chi connectivity index (χ1) is 7.48. The Labute approximate surface area is 95.9 Å². The molecule has 92 valence electrons. The third kappa shape index (κ3) is 2.55. The zero-order valence-electron chi connectivity index (χ0n) is 9.40. The highest BCUT2D eigenvalue weighted by Gasteiger charge is 2.34. The molecule has 0 saturated carbocycles. The fraction of sp³-hybridized carbons (Fsp3) is 0.900. The van der Waals surface area contributed by atoms with Crippen LogP contribution >= 0.6 is 0 Å². The van der Waals surface area contributed by atoms with Crippen LogP contribution in [-0.2, 0) is 14.6 Å². The minimum absolute atomic E-state index is 0.000370. The molecule has 0 spiro atoms. The fourth-order valence-corrected chi connectivity index (χ4v) is 4.11. The van der Waals surface area contributed by atoms with Crippen LogP contribution in [0.15, 0.2) is 0 Å². The number of carbonyl (C=O) groups is 1. The normalized spacial score (nSPS) is 37.4. The lowest BCUT2D eigenvalue weighted by atomic mass is 10.0. The molecule has 6 heteroatoms. The van der Waals surface area contributed by atoms with Crippen molar-refractivity contribution in [2.75, 3.05) is 18.1 Å². The van der Waals surface area contributed by atoms with Gasteiger partial charge in [-0.3, -0.25) is 4.79 Å². The van der Waals surface area contributed by atoms with E-state index in [1.165, 1.54) is 0 Å². The van der Waals surface area contributed by atoms with Crippen LogP contribution in [0.2, 0.25) is 0 Å². The van der Waals surface area contributed by atoms with Crippen LogP contribution < -0.4 is 10.6 Å². The van der Waals surface area contributed by atoms with Gasteiger partial charge in [-0.15, -0.1) is 0 Å². The quantitative estimate of drug-likeness (QED) is 0.675. The third-order valence-corrected chi connectivity index (χ3v) is 5.21. The second kappa shape index (κ2) is 4.33. The molecule has 0 aromatic carbocycles. The van der Waals surface area contributed by atoms with Gasteiger partial charge in [0, 0.05) is 12.1 Å². The van der Waals surface area contributed by atoms with Crippen molar-refractivity contribution in [2.45, 2.75) is 31.8 Å². The number of nitrogens with one attached hydrogen (secondary N) is 2. The van der Waals surface area contributed by atoms with E-state index < -0.39 is 9.84 Å². The van der Waals surface area contributed by atoms with Gasteiger partial charge in [0.1, 0.15) is 0 Å². The van der Waals surface area contributed by atoms with Gasteiger partial charge >= 0.3 is 0 Å². The van der Waals surface area contributed by atoms with Crippen molar-refractivity contribution in [1.82, 2.24) is 10.6 Å². The summed E-state index contributed by atoms with van der Waals surface area (Å²) in [5.74, 6) is 0.298. The molecule has 5 nitrogen and oxygen atoms in total. The first-order valence-electron chi connectivity index (χ1n) is 5.72. The predicted molar refractivity (Wildman–Crippen MR) is 60.8 cm³/mol. The van der Waals surface area contributed by atoms with Crippen molar-refractivity contribution in [3.8, 4) is 0 Å². The van der Waals surface area contributed by atoms with Crippen LogP contribution in [-0.4, -0.2) is 44.5 Å². The van der Waals surface area contributed by atoms with Gasteiger partial charge in [0.05, 0.1) is 17.4 Å². The second-order valence-electron chi connectivity index (χ2n) is 4.75. The van der Waals surface area contributed by atoms with Crippen LogP contribution in [0.4, 0.5) is 0 Å². The fourth-order valence-electron chi connectivity index (χ4n) is 2.43. The SMILES string of the molecule is CC1NCCC1C(=O)NC1CCS(=O)(=O)C1. The van der Waals surface area contributed by atoms with Gasteiger partial charge in [-0.25, -0.2) is 8.42 Å². The highest BCUT2D eigenvalue weighted by Crippen LogP contribution is 2.17. The van der Waals surface area contributed by atoms with Gasteiger partial charge < -0.3 is 10.6 Å². The first-order valence-corrected chi connectivity index (χ1v) is 7.54. The summed E-state index contributed by atoms with van der Waals surface area (Å²) >= 11 is 0. The molecule has 0 aliphatic carbocycles. The molecule has 0 aromatic heterocycles. The Bertz CT molecular complexity index is 380. The Morgan fingerprint density at radius 1 is 1.38 bits per heavy atom. The molecule has 0 bridgehead atoms. The highest BCUT2D eigenvalue weighted by molar-refractivity contribution is 7.91. The minimum Gasteiger partial charge on any atom is -0.352 e. The molecule has 16 heavy (non-hydrogen) atoms. The Morgan fingerprint density at radius 2 is 2.12 bits per heavy atom. The van der Waals surface area contributed by atoms with E-state index in [1.807, 2.05) is 6.92 Å². The van der Waals surface area contributed by atoms with Gasteiger partial charge in [-0.1, -0.05) is 0 Å². The lowest BCUT2D eigenvalue weighted by molar-refractivity contribution is -0.125. The molecule has 3 atom stereocenters. The lowest BCUT2D eigenvalue weighted by Crippen LogP contribution is -2.42. The van der Waals surface area contributed by atoms with Crippen LogP contribution in [0, 0.1) is 5.92 Å². The highest BCUT2D eigenvalue weighted by atomic mass is 32.2. The van der Waals surface area contributed by atoms with E-state index in [-0.39, 0.29) is 35.4 Å². The number of carbonyl (C=O) groups excluding carboxylic acids is 1. The van der Waals surface area contributed by atoms with Crippen molar-refractivity contribution in [2.24, 2.45) is 5.92 Å². The topological polar surface area (TPSA) is 75.3 Å². The summed E-state index contributed by atoms with van der Waals surface area (Å²) in [4.78, 5) is 11.9. The summed E-state index contributed by atoms with van der Waals surface area (Å²) in [6.07, 6.45) is 1.40. The molecule has 2 aliphatic rings. The van der Waals surface area contributed by atoms with Crippen molar-refractivity contribution < 1.29 is 13.2 Å². The maximum Gasteiger partial charge on any atom is 0.224 e. The molecule has 0 radical (unpaired) electrons. The molecular weight excluding hydrogens is 228 g/mol. The number of hydrogen-bond donors (Lipinski definition) is 2. The number of sulfone groups is 1. The zero-order valence-corrected chi connectivity index (χ0v) is 10.2. The summed E-state index contributed by atoms with van der Waals surface area (Å²) in [5, 5.41) is 6.06. The Balaban J connectivity index is 1.88. The van der Waals surface area contributed by atoms with Crippen molar-refractivity contribution >= 4 is 15.7 Å². The Morgan fingerprint density at radius 3 is 2.62 bits per heavy atom. The third-order valence-electron chi connectivity index (χ3n) is 3.44. The Kier molecular flexibility index (Phi) is 3.21. The first kappa shape index (κ1) is 11.9. The van der Waals surface area contributed by atoms with Crippen molar-refractivity contribution in [1.29, 1.82) is 0 Å². The standard InChI is InChI=1S/C10H18N2O3S/c1-7-9(2-4-11-7)10(13)12-8-3-5-16(14,15)6-8/h7-9,11H,2-6H2,1H3,(H,12,13). The van der Waals surface area contributed by atoms with Gasteiger partial charge in [-0.05, 0) is 26.3 Å². The summed E-state index contributed by atoms with van der Waals surface area (Å²) in [6.45, 7) is 2.85. The smallest absolute Gasteiger partial charge is 0.224 e. The maximum absolute atomic E-state index is 11.9. The largest absolute Gasteiger partial charge is 0.352 e. The van der Waals surface area contributed by atoms with Gasteiger partial charge in [0.25, 0.3) is 0 Å². The van der Waals surface area contributed by atoms with Crippen LogP contribution in [0.25, 0.3) is 0 Å². The van der Waals surface area contributed by atoms with Crippen LogP contribution in [0.3, 0.4) is 0 Å². The Hall–Kier alpha value is -0.620. The molecular formula is C10H18N2O3S. The summed E-state index contributed by atoms with van der Waals surface area (Å²) in [5.41, 5.74) is 0. The van der Waals surface area contributed by atoms with Crippen LogP contribution in [0.5, 0.6) is 0 Å².